The standard InChI is InChI=1S/C14H9FO2/c15-10-5-6-11-12(16)8-13(17-14(11)7-10)9-3-1-2-4-9/h1-9H. The lowest BCUT2D eigenvalue weighted by molar-refractivity contribution is 0.532. The lowest BCUT2D eigenvalue weighted by Crippen LogP contribution is -2.03. The van der Waals surface area contributed by atoms with Crippen LogP contribution >= 0.6 is 0 Å². The monoisotopic (exact) mass is 228 g/mol. The maximum Gasteiger partial charge on any atom is 0.192 e. The fraction of sp³-hybridized carbons (Fsp3) is 0.0714. The van der Waals surface area contributed by atoms with Gasteiger partial charge in [-0.15, -0.1) is 0 Å². The maximum absolute atomic E-state index is 13.1. The smallest absolute Gasteiger partial charge is 0.192 e. The van der Waals surface area contributed by atoms with Crippen LogP contribution in [0.5, 0.6) is 0 Å². The van der Waals surface area contributed by atoms with Gasteiger partial charge in [-0.1, -0.05) is 24.3 Å². The summed E-state index contributed by atoms with van der Waals surface area (Å²) < 4.78 is 18.7. The molecule has 2 nitrogen and oxygen atoms in total. The molecule has 0 aliphatic heterocycles. The molecule has 84 valence electrons. The third-order valence-electron chi connectivity index (χ3n) is 2.79. The van der Waals surface area contributed by atoms with Gasteiger partial charge in [-0.3, -0.25) is 4.79 Å². The molecule has 0 atom stereocenters. The predicted molar refractivity (Wildman–Crippen MR) is 63.5 cm³/mol. The van der Waals surface area contributed by atoms with E-state index in [2.05, 4.69) is 0 Å². The average Bonchev–Trinajstić information content (AvgIpc) is 2.81. The first-order chi connectivity index (χ1) is 8.24. The molecule has 0 spiro atoms. The van der Waals surface area contributed by atoms with Gasteiger partial charge >= 0.3 is 0 Å². The second-order valence-electron chi connectivity index (χ2n) is 3.95. The molecule has 0 saturated heterocycles. The van der Waals surface area contributed by atoms with Crippen LogP contribution < -0.4 is 5.43 Å². The van der Waals surface area contributed by atoms with Crippen molar-refractivity contribution in [2.24, 2.45) is 0 Å². The average molecular weight is 228 g/mol. The first kappa shape index (κ1) is 10.0. The minimum Gasteiger partial charge on any atom is -0.460 e. The van der Waals surface area contributed by atoms with Crippen LogP contribution in [0.1, 0.15) is 11.7 Å². The van der Waals surface area contributed by atoms with Gasteiger partial charge in [-0.25, -0.2) is 4.39 Å². The topological polar surface area (TPSA) is 30.2 Å². The van der Waals surface area contributed by atoms with Crippen LogP contribution in [0.2, 0.25) is 0 Å². The Hall–Kier alpha value is -2.16. The van der Waals surface area contributed by atoms with Gasteiger partial charge in [0.25, 0.3) is 0 Å². The Bertz CT molecular complexity index is 683. The van der Waals surface area contributed by atoms with Gasteiger partial charge in [0.15, 0.2) is 5.43 Å². The van der Waals surface area contributed by atoms with E-state index >= 15 is 0 Å². The molecular formula is C14H9FO2. The van der Waals surface area contributed by atoms with E-state index in [0.717, 1.165) is 0 Å². The van der Waals surface area contributed by atoms with Gasteiger partial charge in [0, 0.05) is 12.1 Å². The number of hydrogen-bond acceptors (Lipinski definition) is 2. The van der Waals surface area contributed by atoms with Crippen LogP contribution in [0.4, 0.5) is 4.39 Å². The summed E-state index contributed by atoms with van der Waals surface area (Å²) in [6.45, 7) is 0. The third kappa shape index (κ3) is 1.69. The molecule has 0 fully saturated rings. The van der Waals surface area contributed by atoms with Crippen molar-refractivity contribution >= 4 is 11.0 Å². The van der Waals surface area contributed by atoms with Crippen LogP contribution in [0, 0.1) is 5.82 Å². The molecule has 17 heavy (non-hydrogen) atoms. The summed E-state index contributed by atoms with van der Waals surface area (Å²) in [5, 5.41) is 0.404. The molecular weight excluding hydrogens is 219 g/mol. The van der Waals surface area contributed by atoms with Crippen LogP contribution in [-0.4, -0.2) is 0 Å². The van der Waals surface area contributed by atoms with Crippen molar-refractivity contribution in [3.8, 4) is 0 Å². The van der Waals surface area contributed by atoms with E-state index in [1.807, 2.05) is 24.3 Å². The van der Waals surface area contributed by atoms with Gasteiger partial charge in [0.05, 0.1) is 11.3 Å². The number of benzene rings is 1. The SMILES string of the molecule is O=c1cc(C2C=CC=C2)oc2cc(F)ccc12. The molecule has 3 rings (SSSR count). The maximum atomic E-state index is 13.1. The second kappa shape index (κ2) is 3.70. The van der Waals surface area contributed by atoms with Gasteiger partial charge in [0.1, 0.15) is 17.2 Å². The van der Waals surface area contributed by atoms with E-state index in [1.54, 1.807) is 0 Å². The quantitative estimate of drug-likeness (QED) is 0.750. The van der Waals surface area contributed by atoms with Crippen molar-refractivity contribution in [2.45, 2.75) is 5.92 Å². The molecule has 0 amide bonds. The minimum atomic E-state index is -0.407. The lowest BCUT2D eigenvalue weighted by Gasteiger charge is -2.05. The second-order valence-corrected chi connectivity index (χ2v) is 3.95. The van der Waals surface area contributed by atoms with E-state index in [-0.39, 0.29) is 11.3 Å². The lowest BCUT2D eigenvalue weighted by atomic mass is 10.1. The van der Waals surface area contributed by atoms with Gasteiger partial charge in [-0.05, 0) is 12.1 Å². The number of hydrogen-bond donors (Lipinski definition) is 0. The Morgan fingerprint density at radius 2 is 1.88 bits per heavy atom. The zero-order valence-corrected chi connectivity index (χ0v) is 8.89. The predicted octanol–water partition coefficient (Wildman–Crippen LogP) is 3.14. The Kier molecular flexibility index (Phi) is 2.18. The molecule has 3 heteroatoms. The van der Waals surface area contributed by atoms with Crippen molar-refractivity contribution in [1.29, 1.82) is 0 Å². The zero-order chi connectivity index (χ0) is 11.8. The van der Waals surface area contributed by atoms with Crippen molar-refractivity contribution in [2.75, 3.05) is 0 Å². The summed E-state index contributed by atoms with van der Waals surface area (Å²) in [6, 6.07) is 5.41. The van der Waals surface area contributed by atoms with Crippen molar-refractivity contribution in [3.05, 3.63) is 70.4 Å². The van der Waals surface area contributed by atoms with Crippen LogP contribution in [0.3, 0.4) is 0 Å². The Balaban J connectivity index is 2.25. The van der Waals surface area contributed by atoms with Crippen LogP contribution in [0.15, 0.2) is 57.8 Å². The fourth-order valence-corrected chi connectivity index (χ4v) is 1.93. The van der Waals surface area contributed by atoms with E-state index in [4.69, 9.17) is 4.42 Å². The summed E-state index contributed by atoms with van der Waals surface area (Å²) in [5.74, 6) is 0.101. The van der Waals surface area contributed by atoms with E-state index in [9.17, 15) is 9.18 Å². The summed E-state index contributed by atoms with van der Waals surface area (Å²) in [4.78, 5) is 11.8. The molecule has 0 radical (unpaired) electrons. The van der Waals surface area contributed by atoms with Crippen LogP contribution in [0.25, 0.3) is 11.0 Å². The van der Waals surface area contributed by atoms with Gasteiger partial charge in [-0.2, -0.15) is 0 Å². The molecule has 0 N–H and O–H groups in total. The minimum absolute atomic E-state index is 0.0321. The Morgan fingerprint density at radius 3 is 2.65 bits per heavy atom. The summed E-state index contributed by atoms with van der Waals surface area (Å²) in [7, 11) is 0. The highest BCUT2D eigenvalue weighted by atomic mass is 19.1. The van der Waals surface area contributed by atoms with E-state index in [1.165, 1.54) is 24.3 Å². The molecule has 1 aromatic carbocycles. The molecule has 1 aliphatic carbocycles. The zero-order valence-electron chi connectivity index (χ0n) is 8.89. The van der Waals surface area contributed by atoms with Gasteiger partial charge in [0.2, 0.25) is 0 Å². The summed E-state index contributed by atoms with van der Waals surface area (Å²) in [5.41, 5.74) is 0.149. The van der Waals surface area contributed by atoms with Gasteiger partial charge < -0.3 is 4.42 Å². The van der Waals surface area contributed by atoms with Crippen molar-refractivity contribution in [1.82, 2.24) is 0 Å². The first-order valence-corrected chi connectivity index (χ1v) is 5.32. The highest BCUT2D eigenvalue weighted by Crippen LogP contribution is 2.24. The molecule has 0 saturated carbocycles. The summed E-state index contributed by atoms with van der Waals surface area (Å²) >= 11 is 0. The third-order valence-corrected chi connectivity index (χ3v) is 2.79. The van der Waals surface area contributed by atoms with E-state index in [0.29, 0.717) is 16.7 Å². The first-order valence-electron chi connectivity index (χ1n) is 5.32. The molecule has 2 aromatic rings. The number of rotatable bonds is 1. The van der Waals surface area contributed by atoms with Crippen molar-refractivity contribution < 1.29 is 8.81 Å². The molecule has 1 aromatic heterocycles. The van der Waals surface area contributed by atoms with E-state index < -0.39 is 5.82 Å². The van der Waals surface area contributed by atoms with Crippen molar-refractivity contribution in [3.63, 3.8) is 0 Å². The Labute approximate surface area is 96.7 Å². The molecule has 0 unspecified atom stereocenters. The molecule has 0 bridgehead atoms. The normalized spacial score (nSPS) is 14.9. The molecule has 1 heterocycles. The largest absolute Gasteiger partial charge is 0.460 e. The fourth-order valence-electron chi connectivity index (χ4n) is 1.93. The number of allylic oxidation sites excluding steroid dienone is 4. The molecule has 1 aliphatic rings. The summed E-state index contributed by atoms with van der Waals surface area (Å²) in [6.07, 6.45) is 7.62. The highest BCUT2D eigenvalue weighted by Gasteiger charge is 2.13. The highest BCUT2D eigenvalue weighted by molar-refractivity contribution is 5.76. The number of halogens is 1. The number of fused-ring (bicyclic) bond motifs is 1. The Morgan fingerprint density at radius 1 is 1.12 bits per heavy atom. The van der Waals surface area contributed by atoms with Crippen LogP contribution in [-0.2, 0) is 0 Å².